The quantitative estimate of drug-likeness (QED) is 0.605. The molecular formula is C7H8O4S2. The first-order valence-electron chi connectivity index (χ1n) is 3.35. The van der Waals surface area contributed by atoms with Gasteiger partial charge in [0.25, 0.3) is 0 Å². The van der Waals surface area contributed by atoms with Crippen LogP contribution in [0.3, 0.4) is 0 Å². The SMILES string of the molecule is COC(=O)c1scc(C)c1S(=O)O. The van der Waals surface area contributed by atoms with Gasteiger partial charge in [-0.3, -0.25) is 0 Å². The van der Waals surface area contributed by atoms with Gasteiger partial charge in [0, 0.05) is 0 Å². The van der Waals surface area contributed by atoms with Gasteiger partial charge in [0.2, 0.25) is 0 Å². The lowest BCUT2D eigenvalue weighted by molar-refractivity contribution is 0.0602. The number of carbonyl (C=O) groups is 1. The van der Waals surface area contributed by atoms with Gasteiger partial charge < -0.3 is 9.29 Å². The monoisotopic (exact) mass is 220 g/mol. The van der Waals surface area contributed by atoms with E-state index in [0.29, 0.717) is 5.56 Å². The van der Waals surface area contributed by atoms with E-state index < -0.39 is 17.0 Å². The van der Waals surface area contributed by atoms with Gasteiger partial charge in [0.15, 0.2) is 11.1 Å². The molecule has 0 aliphatic rings. The maximum atomic E-state index is 11.1. The van der Waals surface area contributed by atoms with E-state index in [1.165, 1.54) is 7.11 Å². The number of hydrogen-bond acceptors (Lipinski definition) is 4. The van der Waals surface area contributed by atoms with Crippen molar-refractivity contribution in [2.24, 2.45) is 0 Å². The van der Waals surface area contributed by atoms with Crippen LogP contribution < -0.4 is 0 Å². The first-order valence-corrected chi connectivity index (χ1v) is 5.33. The Kier molecular flexibility index (Phi) is 3.18. The molecular weight excluding hydrogens is 212 g/mol. The van der Waals surface area contributed by atoms with E-state index in [9.17, 15) is 9.00 Å². The summed E-state index contributed by atoms with van der Waals surface area (Å²) in [6.07, 6.45) is 0. The van der Waals surface area contributed by atoms with Crippen LogP contribution in [-0.4, -0.2) is 21.8 Å². The number of methoxy groups -OCH3 is 1. The fourth-order valence-corrected chi connectivity index (χ4v) is 2.75. The van der Waals surface area contributed by atoms with Crippen molar-refractivity contribution in [2.75, 3.05) is 7.11 Å². The van der Waals surface area contributed by atoms with Crippen LogP contribution in [0.25, 0.3) is 0 Å². The maximum Gasteiger partial charge on any atom is 0.349 e. The van der Waals surface area contributed by atoms with Crippen molar-refractivity contribution in [1.29, 1.82) is 0 Å². The molecule has 1 rings (SSSR count). The van der Waals surface area contributed by atoms with Gasteiger partial charge in [-0.25, -0.2) is 9.00 Å². The van der Waals surface area contributed by atoms with E-state index in [-0.39, 0.29) is 9.77 Å². The second-order valence-electron chi connectivity index (χ2n) is 2.32. The van der Waals surface area contributed by atoms with E-state index in [1.807, 2.05) is 0 Å². The fraction of sp³-hybridized carbons (Fsp3) is 0.286. The minimum absolute atomic E-state index is 0.150. The predicted octanol–water partition coefficient (Wildman–Crippen LogP) is 1.42. The number of rotatable bonds is 2. The van der Waals surface area contributed by atoms with Gasteiger partial charge in [0.1, 0.15) is 4.88 Å². The summed E-state index contributed by atoms with van der Waals surface area (Å²) in [6.45, 7) is 1.67. The van der Waals surface area contributed by atoms with Crippen molar-refractivity contribution in [1.82, 2.24) is 0 Å². The fourth-order valence-electron chi connectivity index (χ4n) is 0.884. The van der Waals surface area contributed by atoms with E-state index in [4.69, 9.17) is 4.55 Å². The highest BCUT2D eigenvalue weighted by Gasteiger charge is 2.20. The van der Waals surface area contributed by atoms with Crippen molar-refractivity contribution in [3.05, 3.63) is 15.8 Å². The highest BCUT2D eigenvalue weighted by Crippen LogP contribution is 2.25. The molecule has 13 heavy (non-hydrogen) atoms. The number of hydrogen-bond donors (Lipinski definition) is 1. The molecule has 1 aromatic heterocycles. The molecule has 4 nitrogen and oxygen atoms in total. The molecule has 0 spiro atoms. The molecule has 1 heterocycles. The molecule has 0 bridgehead atoms. The van der Waals surface area contributed by atoms with Crippen molar-refractivity contribution in [2.45, 2.75) is 11.8 Å². The van der Waals surface area contributed by atoms with Crippen LogP contribution in [-0.2, 0) is 15.8 Å². The van der Waals surface area contributed by atoms with Gasteiger partial charge >= 0.3 is 5.97 Å². The van der Waals surface area contributed by atoms with Gasteiger partial charge in [-0.1, -0.05) is 0 Å². The Morgan fingerprint density at radius 1 is 1.69 bits per heavy atom. The molecule has 0 saturated carbocycles. The summed E-state index contributed by atoms with van der Waals surface area (Å²) in [6, 6.07) is 0. The van der Waals surface area contributed by atoms with Crippen molar-refractivity contribution < 1.29 is 18.3 Å². The molecule has 0 radical (unpaired) electrons. The van der Waals surface area contributed by atoms with Crippen LogP contribution >= 0.6 is 11.3 Å². The number of aryl methyl sites for hydroxylation is 1. The summed E-state index contributed by atoms with van der Waals surface area (Å²) in [5.74, 6) is -0.574. The summed E-state index contributed by atoms with van der Waals surface area (Å²) in [5, 5.41) is 1.65. The summed E-state index contributed by atoms with van der Waals surface area (Å²) in [4.78, 5) is 11.4. The largest absolute Gasteiger partial charge is 0.465 e. The molecule has 1 atom stereocenters. The molecule has 1 unspecified atom stereocenters. The van der Waals surface area contributed by atoms with Crippen LogP contribution in [0.2, 0.25) is 0 Å². The van der Waals surface area contributed by atoms with Crippen LogP contribution in [0, 0.1) is 6.92 Å². The van der Waals surface area contributed by atoms with Crippen LogP contribution in [0.15, 0.2) is 10.3 Å². The van der Waals surface area contributed by atoms with E-state index >= 15 is 0 Å². The Hall–Kier alpha value is -0.720. The standard InChI is InChI=1S/C7H8O4S2/c1-4-3-12-5(7(8)11-2)6(4)13(9)10/h3H,1-2H3,(H,9,10). The lowest BCUT2D eigenvalue weighted by Gasteiger charge is -1.98. The summed E-state index contributed by atoms with van der Waals surface area (Å²) >= 11 is -1.02. The maximum absolute atomic E-state index is 11.1. The lowest BCUT2D eigenvalue weighted by atomic mass is 10.3. The van der Waals surface area contributed by atoms with E-state index in [0.717, 1.165) is 11.3 Å². The zero-order valence-corrected chi connectivity index (χ0v) is 8.70. The molecule has 1 aromatic rings. The molecule has 1 N–H and O–H groups in total. The average molecular weight is 220 g/mol. The first-order chi connectivity index (χ1) is 6.07. The van der Waals surface area contributed by atoms with Crippen LogP contribution in [0.4, 0.5) is 0 Å². The van der Waals surface area contributed by atoms with E-state index in [1.54, 1.807) is 12.3 Å². The molecule has 0 aromatic carbocycles. The van der Waals surface area contributed by atoms with Crippen LogP contribution in [0.1, 0.15) is 15.2 Å². The van der Waals surface area contributed by atoms with Crippen molar-refractivity contribution in [3.63, 3.8) is 0 Å². The third-order valence-electron chi connectivity index (χ3n) is 1.46. The number of esters is 1. The van der Waals surface area contributed by atoms with E-state index in [2.05, 4.69) is 4.74 Å². The van der Waals surface area contributed by atoms with Crippen molar-refractivity contribution >= 4 is 28.4 Å². The highest BCUT2D eigenvalue weighted by atomic mass is 32.2. The Morgan fingerprint density at radius 3 is 2.77 bits per heavy atom. The molecule has 6 heteroatoms. The highest BCUT2D eigenvalue weighted by molar-refractivity contribution is 7.79. The molecule has 0 aliphatic heterocycles. The topological polar surface area (TPSA) is 63.6 Å². The summed E-state index contributed by atoms with van der Waals surface area (Å²) in [5.41, 5.74) is 0.631. The summed E-state index contributed by atoms with van der Waals surface area (Å²) < 4.78 is 24.2. The first kappa shape index (κ1) is 10.4. The number of carbonyl (C=O) groups excluding carboxylic acids is 1. The molecule has 0 amide bonds. The van der Waals surface area contributed by atoms with Gasteiger partial charge in [0.05, 0.1) is 12.0 Å². The number of ether oxygens (including phenoxy) is 1. The van der Waals surface area contributed by atoms with Gasteiger partial charge in [-0.05, 0) is 17.9 Å². The van der Waals surface area contributed by atoms with Gasteiger partial charge in [-0.15, -0.1) is 11.3 Å². The van der Waals surface area contributed by atoms with Crippen molar-refractivity contribution in [3.8, 4) is 0 Å². The Labute approximate surface area is 81.8 Å². The Bertz CT molecular complexity index is 355. The average Bonchev–Trinajstić information content (AvgIpc) is 2.45. The minimum Gasteiger partial charge on any atom is -0.465 e. The normalized spacial score (nSPS) is 12.5. The third-order valence-corrected chi connectivity index (χ3v) is 3.55. The molecule has 0 saturated heterocycles. The second-order valence-corrected chi connectivity index (χ2v) is 4.10. The number of thiophene rings is 1. The molecule has 0 fully saturated rings. The zero-order chi connectivity index (χ0) is 10.0. The lowest BCUT2D eigenvalue weighted by Crippen LogP contribution is -2.03. The summed E-state index contributed by atoms with van der Waals surface area (Å²) in [7, 11) is 1.24. The third kappa shape index (κ3) is 1.96. The van der Waals surface area contributed by atoms with Crippen LogP contribution in [0.5, 0.6) is 0 Å². The van der Waals surface area contributed by atoms with Gasteiger partial charge in [-0.2, -0.15) is 0 Å². The second kappa shape index (κ2) is 3.99. The zero-order valence-electron chi connectivity index (χ0n) is 7.07. The minimum atomic E-state index is -2.13. The Morgan fingerprint density at radius 2 is 2.31 bits per heavy atom. The molecule has 0 aliphatic carbocycles. The predicted molar refractivity (Wildman–Crippen MR) is 49.4 cm³/mol. The molecule has 72 valence electrons. The Balaban J connectivity index is 3.22. The smallest absolute Gasteiger partial charge is 0.349 e.